The lowest BCUT2D eigenvalue weighted by atomic mass is 10.1. The second kappa shape index (κ2) is 9.11. The Morgan fingerprint density at radius 1 is 1.23 bits per heavy atom. The number of nitrogens with zero attached hydrogens (tertiary/aromatic N) is 5. The molecule has 0 aliphatic carbocycles. The average Bonchev–Trinajstić information content (AvgIpc) is 3.17. The number of hydrogen-bond donors (Lipinski definition) is 0. The van der Waals surface area contributed by atoms with Crippen LogP contribution in [0.15, 0.2) is 59.1 Å². The van der Waals surface area contributed by atoms with E-state index in [0.29, 0.717) is 35.1 Å². The fourth-order valence-electron chi connectivity index (χ4n) is 2.86. The number of alkyl halides is 2. The minimum Gasteiger partial charge on any atom is -0.359 e. The summed E-state index contributed by atoms with van der Waals surface area (Å²) in [6, 6.07) is 1.86. The fraction of sp³-hybridized carbons (Fsp3) is 0.364. The molecule has 1 aliphatic heterocycles. The summed E-state index contributed by atoms with van der Waals surface area (Å²) in [4.78, 5) is 8.37. The van der Waals surface area contributed by atoms with Gasteiger partial charge in [0, 0.05) is 36.9 Å². The monoisotopic (exact) mass is 413 g/mol. The predicted octanol–water partition coefficient (Wildman–Crippen LogP) is 5.16. The van der Waals surface area contributed by atoms with Crippen LogP contribution in [0.25, 0.3) is 5.57 Å². The van der Waals surface area contributed by atoms with Crippen LogP contribution in [0.2, 0.25) is 0 Å². The molecule has 30 heavy (non-hydrogen) atoms. The number of hydrazone groups is 1. The van der Waals surface area contributed by atoms with E-state index in [1.807, 2.05) is 18.2 Å². The molecule has 0 unspecified atom stereocenters. The molecule has 0 fully saturated rings. The highest BCUT2D eigenvalue weighted by atomic mass is 19.3. The summed E-state index contributed by atoms with van der Waals surface area (Å²) >= 11 is 0. The van der Waals surface area contributed by atoms with E-state index >= 15 is 0 Å². The molecule has 2 aromatic heterocycles. The first-order valence-corrected chi connectivity index (χ1v) is 9.81. The molecule has 0 amide bonds. The molecular formula is C22H25F2N5O. The summed E-state index contributed by atoms with van der Waals surface area (Å²) in [5.41, 5.74) is 3.71. The Labute approximate surface area is 174 Å². The number of hydrogen-bond acceptors (Lipinski definition) is 6. The van der Waals surface area contributed by atoms with E-state index < -0.39 is 5.92 Å². The molecule has 3 heterocycles. The van der Waals surface area contributed by atoms with E-state index in [1.165, 1.54) is 0 Å². The van der Waals surface area contributed by atoms with Crippen molar-refractivity contribution in [3.63, 3.8) is 0 Å². The van der Waals surface area contributed by atoms with Crippen molar-refractivity contribution < 1.29 is 13.3 Å². The zero-order valence-corrected chi connectivity index (χ0v) is 17.2. The van der Waals surface area contributed by atoms with Gasteiger partial charge in [0.15, 0.2) is 5.76 Å². The molecule has 8 heteroatoms. The van der Waals surface area contributed by atoms with Gasteiger partial charge in [-0.2, -0.15) is 5.10 Å². The van der Waals surface area contributed by atoms with Crippen molar-refractivity contribution in [3.8, 4) is 0 Å². The predicted molar refractivity (Wildman–Crippen MR) is 112 cm³/mol. The van der Waals surface area contributed by atoms with E-state index in [1.54, 1.807) is 17.4 Å². The van der Waals surface area contributed by atoms with Crippen LogP contribution >= 0.6 is 0 Å². The van der Waals surface area contributed by atoms with E-state index in [-0.39, 0.29) is 12.8 Å². The third-order valence-electron chi connectivity index (χ3n) is 4.56. The van der Waals surface area contributed by atoms with Crippen LogP contribution in [0.5, 0.6) is 0 Å². The molecule has 0 aromatic carbocycles. The smallest absolute Gasteiger partial charge is 0.245 e. The first-order chi connectivity index (χ1) is 14.2. The van der Waals surface area contributed by atoms with Crippen LogP contribution in [0.3, 0.4) is 0 Å². The normalized spacial score (nSPS) is 14.2. The topological polar surface area (TPSA) is 67.4 Å². The van der Waals surface area contributed by atoms with Gasteiger partial charge in [0.05, 0.1) is 11.4 Å². The molecule has 6 nitrogen and oxygen atoms in total. The zero-order chi connectivity index (χ0) is 21.7. The van der Waals surface area contributed by atoms with Crippen molar-refractivity contribution in [2.45, 2.75) is 52.0 Å². The van der Waals surface area contributed by atoms with E-state index in [0.717, 1.165) is 31.0 Å². The lowest BCUT2D eigenvalue weighted by Gasteiger charge is -2.22. The van der Waals surface area contributed by atoms with Gasteiger partial charge < -0.3 is 4.52 Å². The highest BCUT2D eigenvalue weighted by Crippen LogP contribution is 2.22. The van der Waals surface area contributed by atoms with Gasteiger partial charge in [-0.05, 0) is 31.1 Å². The zero-order valence-electron chi connectivity index (χ0n) is 17.2. The summed E-state index contributed by atoms with van der Waals surface area (Å²) in [7, 11) is 0. The maximum Gasteiger partial charge on any atom is 0.245 e. The Hall–Kier alpha value is -3.16. The van der Waals surface area contributed by atoms with E-state index in [4.69, 9.17) is 4.52 Å². The SMILES string of the molecule is C=C(CCC)c1cc(CN2N=C(c3cnc(CCC(C)(F)F)nc3)C=CC2=C)on1. The lowest BCUT2D eigenvalue weighted by molar-refractivity contribution is 0.0128. The van der Waals surface area contributed by atoms with E-state index in [2.05, 4.69) is 40.3 Å². The third kappa shape index (κ3) is 5.68. The molecule has 0 saturated carbocycles. The van der Waals surface area contributed by atoms with Crippen molar-refractivity contribution in [1.29, 1.82) is 0 Å². The summed E-state index contributed by atoms with van der Waals surface area (Å²) < 4.78 is 31.4. The van der Waals surface area contributed by atoms with Gasteiger partial charge in [-0.3, -0.25) is 5.01 Å². The molecule has 158 valence electrons. The van der Waals surface area contributed by atoms with Gasteiger partial charge in [0.25, 0.3) is 0 Å². The molecule has 1 aliphatic rings. The summed E-state index contributed by atoms with van der Waals surface area (Å²) in [6.45, 7) is 11.4. The maximum absolute atomic E-state index is 13.0. The number of rotatable bonds is 9. The van der Waals surface area contributed by atoms with Gasteiger partial charge in [-0.25, -0.2) is 18.7 Å². The van der Waals surface area contributed by atoms with Gasteiger partial charge in [-0.15, -0.1) is 0 Å². The largest absolute Gasteiger partial charge is 0.359 e. The Kier molecular flexibility index (Phi) is 6.54. The highest BCUT2D eigenvalue weighted by molar-refractivity contribution is 6.08. The van der Waals surface area contributed by atoms with Crippen molar-refractivity contribution in [1.82, 2.24) is 20.1 Å². The molecule has 0 N–H and O–H groups in total. The molecule has 0 spiro atoms. The summed E-state index contributed by atoms with van der Waals surface area (Å²) in [6.07, 6.45) is 8.51. The lowest BCUT2D eigenvalue weighted by Crippen LogP contribution is -2.20. The Balaban J connectivity index is 1.69. The van der Waals surface area contributed by atoms with Crippen molar-refractivity contribution in [2.75, 3.05) is 0 Å². The second-order valence-corrected chi connectivity index (χ2v) is 7.36. The minimum absolute atomic E-state index is 0.117. The molecule has 0 bridgehead atoms. The molecular weight excluding hydrogens is 388 g/mol. The van der Waals surface area contributed by atoms with Gasteiger partial charge >= 0.3 is 0 Å². The first kappa shape index (κ1) is 21.5. The fourth-order valence-corrected chi connectivity index (χ4v) is 2.86. The van der Waals surface area contributed by atoms with Gasteiger partial charge in [-0.1, -0.05) is 31.7 Å². The van der Waals surface area contributed by atoms with Crippen LogP contribution in [-0.2, 0) is 13.0 Å². The minimum atomic E-state index is -2.73. The van der Waals surface area contributed by atoms with Crippen molar-refractivity contribution in [2.24, 2.45) is 5.10 Å². The third-order valence-corrected chi connectivity index (χ3v) is 4.56. The molecule has 0 saturated heterocycles. The molecule has 0 radical (unpaired) electrons. The Bertz CT molecular complexity index is 970. The number of aryl methyl sites for hydroxylation is 1. The van der Waals surface area contributed by atoms with Crippen molar-refractivity contribution >= 4 is 11.3 Å². The van der Waals surface area contributed by atoms with Gasteiger partial charge in [0.2, 0.25) is 5.92 Å². The Morgan fingerprint density at radius 3 is 2.63 bits per heavy atom. The van der Waals surface area contributed by atoms with Crippen LogP contribution in [0, 0.1) is 0 Å². The summed E-state index contributed by atoms with van der Waals surface area (Å²) in [5, 5.41) is 10.4. The summed E-state index contributed by atoms with van der Waals surface area (Å²) in [5.74, 6) is -1.71. The van der Waals surface area contributed by atoms with Crippen LogP contribution in [-0.4, -0.2) is 31.8 Å². The number of aromatic nitrogens is 3. The van der Waals surface area contributed by atoms with Crippen molar-refractivity contribution in [3.05, 3.63) is 72.3 Å². The van der Waals surface area contributed by atoms with Crippen LogP contribution < -0.4 is 0 Å². The average molecular weight is 413 g/mol. The maximum atomic E-state index is 13.0. The number of allylic oxidation sites excluding steroid dienone is 3. The first-order valence-electron chi connectivity index (χ1n) is 9.81. The van der Waals surface area contributed by atoms with Crippen LogP contribution in [0.4, 0.5) is 8.78 Å². The standard InChI is InChI=1S/C22H25F2N5O/c1-5-6-15(2)20-11-18(30-28-20)14-29-16(3)7-8-19(27-29)17-12-25-21(26-13-17)9-10-22(4,23)24/h7-8,11-13H,2-3,5-6,9-10,14H2,1,4H3. The molecule has 2 aromatic rings. The highest BCUT2D eigenvalue weighted by Gasteiger charge is 2.21. The van der Waals surface area contributed by atoms with Gasteiger partial charge in [0.1, 0.15) is 18.1 Å². The quantitative estimate of drug-likeness (QED) is 0.568. The number of halogens is 2. The molecule has 0 atom stereocenters. The van der Waals surface area contributed by atoms with Crippen LogP contribution in [0.1, 0.15) is 56.0 Å². The van der Waals surface area contributed by atoms with E-state index in [9.17, 15) is 8.78 Å². The Morgan fingerprint density at radius 2 is 1.97 bits per heavy atom. The second-order valence-electron chi connectivity index (χ2n) is 7.36. The molecule has 3 rings (SSSR count).